The predicted octanol–water partition coefficient (Wildman–Crippen LogP) is 7.22. The maximum Gasteiger partial charge on any atom is 0.125 e. The second-order valence-corrected chi connectivity index (χ2v) is 9.99. The summed E-state index contributed by atoms with van der Waals surface area (Å²) >= 11 is 0. The molecule has 0 spiro atoms. The Morgan fingerprint density at radius 2 is 1.42 bits per heavy atom. The summed E-state index contributed by atoms with van der Waals surface area (Å²) in [4.78, 5) is 0. The maximum atomic E-state index is 6.16. The van der Waals surface area contributed by atoms with E-state index >= 15 is 0 Å². The van der Waals surface area contributed by atoms with Crippen molar-refractivity contribution in [3.05, 3.63) is 65.2 Å². The van der Waals surface area contributed by atoms with Crippen molar-refractivity contribution in [3.8, 4) is 5.75 Å². The molecule has 0 atom stereocenters. The largest absolute Gasteiger partial charge is 0.493 e. The molecule has 1 saturated heterocycles. The first-order chi connectivity index (χ1) is 14.4. The third kappa shape index (κ3) is 7.14. The zero-order valence-electron chi connectivity index (χ0n) is 20.3. The Bertz CT molecular complexity index is 759. The van der Waals surface area contributed by atoms with Crippen molar-refractivity contribution in [2.75, 3.05) is 19.7 Å². The summed E-state index contributed by atoms with van der Waals surface area (Å²) in [6, 6.07) is 17.6. The van der Waals surface area contributed by atoms with E-state index in [1.165, 1.54) is 79.3 Å². The quantitative estimate of drug-likeness (QED) is 0.263. The molecule has 1 aliphatic rings. The zero-order valence-corrected chi connectivity index (χ0v) is 23.2. The number of nitrogens with zero attached hydrogens (tertiary/aromatic N) is 1. The van der Waals surface area contributed by atoms with Gasteiger partial charge in [0.1, 0.15) is 12.3 Å². The molecule has 1 heterocycles. The summed E-state index contributed by atoms with van der Waals surface area (Å²) < 4.78 is 7.41. The van der Waals surface area contributed by atoms with E-state index < -0.39 is 0 Å². The number of quaternary nitrogens is 1. The molecule has 0 bridgehead atoms. The molecule has 1 radical (unpaired) electrons. The number of benzene rings is 2. The van der Waals surface area contributed by atoms with Crippen LogP contribution in [0.5, 0.6) is 5.75 Å². The van der Waals surface area contributed by atoms with Gasteiger partial charge in [0.05, 0.1) is 25.2 Å². The zero-order chi connectivity index (χ0) is 21.5. The van der Waals surface area contributed by atoms with Crippen molar-refractivity contribution in [1.82, 2.24) is 0 Å². The van der Waals surface area contributed by atoms with Crippen LogP contribution in [0.1, 0.15) is 75.5 Å². The Morgan fingerprint density at radius 1 is 0.806 bits per heavy atom. The van der Waals surface area contributed by atoms with Crippen LogP contribution in [0.15, 0.2) is 48.5 Å². The molecule has 3 heteroatoms. The molecule has 3 rings (SSSR count). The van der Waals surface area contributed by atoms with E-state index in [-0.39, 0.29) is 32.7 Å². The van der Waals surface area contributed by atoms with Crippen LogP contribution in [0.3, 0.4) is 0 Å². The maximum absolute atomic E-state index is 6.16. The van der Waals surface area contributed by atoms with Crippen molar-refractivity contribution in [3.63, 3.8) is 0 Å². The molecular weight excluding hydrogens is 455 g/mol. The molecule has 1 aliphatic heterocycles. The van der Waals surface area contributed by atoms with Gasteiger partial charge >= 0.3 is 0 Å². The number of hydrogen-bond acceptors (Lipinski definition) is 1. The standard InChI is InChI=1S/C28H42NO.Y/c1-24-15-14-16-25(2)27(24)30-22-13-10-19-28(3,4)29(20-11-5-6-12-21-29)23-26-17-8-7-9-18-26;/h7-9,14-18H,5-6,10-13,19-23H2,1-4H3;/q+1;. The van der Waals surface area contributed by atoms with Gasteiger partial charge in [-0.25, -0.2) is 0 Å². The predicted molar refractivity (Wildman–Crippen MR) is 128 cm³/mol. The Balaban J connectivity index is 0.00000341. The molecule has 0 aliphatic carbocycles. The number of hydrogen-bond donors (Lipinski definition) is 0. The molecule has 0 N–H and O–H groups in total. The Kier molecular flexibility index (Phi) is 10.7. The van der Waals surface area contributed by atoms with Gasteiger partial charge in [0.15, 0.2) is 0 Å². The molecule has 31 heavy (non-hydrogen) atoms. The smallest absolute Gasteiger partial charge is 0.125 e. The Morgan fingerprint density at radius 3 is 2.03 bits per heavy atom. The van der Waals surface area contributed by atoms with Gasteiger partial charge in [0, 0.05) is 44.7 Å². The first-order valence-electron chi connectivity index (χ1n) is 12.0. The van der Waals surface area contributed by atoms with Crippen molar-refractivity contribution in [2.45, 2.75) is 84.7 Å². The minimum atomic E-state index is 0. The molecule has 0 saturated carbocycles. The fourth-order valence-corrected chi connectivity index (χ4v) is 5.30. The summed E-state index contributed by atoms with van der Waals surface area (Å²) in [7, 11) is 0. The van der Waals surface area contributed by atoms with Gasteiger partial charge in [-0.05, 0) is 77.3 Å². The van der Waals surface area contributed by atoms with Crippen LogP contribution in [0, 0.1) is 13.8 Å². The number of para-hydroxylation sites is 1. The van der Waals surface area contributed by atoms with Crippen LogP contribution < -0.4 is 4.74 Å². The Hall–Kier alpha value is -0.696. The fraction of sp³-hybridized carbons (Fsp3) is 0.571. The number of ether oxygens (including phenoxy) is 1. The van der Waals surface area contributed by atoms with Crippen LogP contribution in [-0.4, -0.2) is 29.7 Å². The molecule has 2 aromatic carbocycles. The van der Waals surface area contributed by atoms with E-state index in [2.05, 4.69) is 76.2 Å². The van der Waals surface area contributed by atoms with Gasteiger partial charge in [-0.1, -0.05) is 48.5 Å². The van der Waals surface area contributed by atoms with Crippen molar-refractivity contribution >= 4 is 0 Å². The van der Waals surface area contributed by atoms with Crippen LogP contribution in [0.2, 0.25) is 0 Å². The van der Waals surface area contributed by atoms with Gasteiger partial charge in [-0.2, -0.15) is 0 Å². The summed E-state index contributed by atoms with van der Waals surface area (Å²) in [5, 5.41) is 0. The monoisotopic (exact) mass is 497 g/mol. The summed E-state index contributed by atoms with van der Waals surface area (Å²) in [5.41, 5.74) is 4.27. The average molecular weight is 498 g/mol. The van der Waals surface area contributed by atoms with E-state index in [9.17, 15) is 0 Å². The number of rotatable bonds is 9. The normalized spacial score (nSPS) is 16.3. The van der Waals surface area contributed by atoms with Crippen LogP contribution in [0.4, 0.5) is 0 Å². The summed E-state index contributed by atoms with van der Waals surface area (Å²) in [6.45, 7) is 14.0. The first-order valence-corrected chi connectivity index (χ1v) is 12.0. The van der Waals surface area contributed by atoms with Crippen molar-refractivity contribution in [2.24, 2.45) is 0 Å². The SMILES string of the molecule is Cc1cccc(C)c1OCCCCC(C)(C)[N+]1(Cc2ccccc2)CCCCCC1.[Y]. The second kappa shape index (κ2) is 12.5. The molecular formula is C28H42NOY+. The minimum absolute atomic E-state index is 0. The molecule has 2 nitrogen and oxygen atoms in total. The van der Waals surface area contributed by atoms with Crippen molar-refractivity contribution in [1.29, 1.82) is 0 Å². The van der Waals surface area contributed by atoms with E-state index in [1.54, 1.807) is 0 Å². The number of aryl methyl sites for hydroxylation is 2. The summed E-state index contributed by atoms with van der Waals surface area (Å²) in [6.07, 6.45) is 9.14. The van der Waals surface area contributed by atoms with E-state index in [0.29, 0.717) is 5.54 Å². The first kappa shape index (κ1) is 26.6. The molecule has 0 aromatic heterocycles. The van der Waals surface area contributed by atoms with Crippen LogP contribution in [-0.2, 0) is 39.3 Å². The van der Waals surface area contributed by atoms with Gasteiger partial charge < -0.3 is 9.22 Å². The Labute approximate surface area is 216 Å². The van der Waals surface area contributed by atoms with Crippen LogP contribution in [0.25, 0.3) is 0 Å². The fourth-order valence-electron chi connectivity index (χ4n) is 5.30. The summed E-state index contributed by atoms with van der Waals surface area (Å²) in [5.74, 6) is 1.08. The van der Waals surface area contributed by atoms with Gasteiger partial charge in [-0.15, -0.1) is 0 Å². The molecule has 1 fully saturated rings. The third-order valence-corrected chi connectivity index (χ3v) is 7.37. The van der Waals surface area contributed by atoms with Gasteiger partial charge in [-0.3, -0.25) is 0 Å². The van der Waals surface area contributed by atoms with E-state index in [0.717, 1.165) is 18.8 Å². The van der Waals surface area contributed by atoms with Crippen LogP contribution >= 0.6 is 0 Å². The average Bonchev–Trinajstić information content (AvgIpc) is 2.97. The van der Waals surface area contributed by atoms with E-state index in [1.807, 2.05) is 0 Å². The molecule has 2 aromatic rings. The molecule has 167 valence electrons. The number of likely N-dealkylation sites (tertiary alicyclic amines) is 1. The second-order valence-electron chi connectivity index (χ2n) is 9.99. The van der Waals surface area contributed by atoms with Gasteiger partial charge in [0.25, 0.3) is 0 Å². The molecule has 0 amide bonds. The minimum Gasteiger partial charge on any atom is -0.493 e. The van der Waals surface area contributed by atoms with Gasteiger partial charge in [0.2, 0.25) is 0 Å². The van der Waals surface area contributed by atoms with E-state index in [4.69, 9.17) is 4.74 Å². The number of unbranched alkanes of at least 4 members (excludes halogenated alkanes) is 1. The third-order valence-electron chi connectivity index (χ3n) is 7.37. The topological polar surface area (TPSA) is 9.23 Å². The molecule has 0 unspecified atom stereocenters. The van der Waals surface area contributed by atoms with Crippen molar-refractivity contribution < 1.29 is 41.9 Å².